The predicted octanol–water partition coefficient (Wildman–Crippen LogP) is 1.42. The van der Waals surface area contributed by atoms with Crippen LogP contribution in [0.25, 0.3) is 11.0 Å². The van der Waals surface area contributed by atoms with Crippen molar-refractivity contribution in [3.05, 3.63) is 29.6 Å². The van der Waals surface area contributed by atoms with Gasteiger partial charge in [-0.2, -0.15) is 0 Å². The van der Waals surface area contributed by atoms with Gasteiger partial charge in [-0.15, -0.1) is 0 Å². The highest BCUT2D eigenvalue weighted by Gasteiger charge is 2.20. The van der Waals surface area contributed by atoms with Crippen LogP contribution in [-0.4, -0.2) is 31.8 Å². The smallest absolute Gasteiger partial charge is 0.338 e. The van der Waals surface area contributed by atoms with E-state index in [0.717, 1.165) is 0 Å². The van der Waals surface area contributed by atoms with Gasteiger partial charge >= 0.3 is 5.97 Å². The summed E-state index contributed by atoms with van der Waals surface area (Å²) in [6, 6.07) is 3.44. The number of carbonyl (C=O) groups is 1. The maximum absolute atomic E-state index is 11.2. The van der Waals surface area contributed by atoms with Crippen LogP contribution in [-0.2, 0) is 6.54 Å². The summed E-state index contributed by atoms with van der Waals surface area (Å²) in [5.41, 5.74) is 1.48. The summed E-state index contributed by atoms with van der Waals surface area (Å²) in [5, 5.41) is 19.3. The minimum atomic E-state index is -0.968. The van der Waals surface area contributed by atoms with E-state index in [-0.39, 0.29) is 5.56 Å². The molecule has 0 aliphatic carbocycles. The third-order valence-electron chi connectivity index (χ3n) is 2.74. The van der Waals surface area contributed by atoms with E-state index in [2.05, 4.69) is 4.98 Å². The molecule has 0 spiro atoms. The van der Waals surface area contributed by atoms with Crippen LogP contribution in [0, 0.1) is 6.92 Å². The summed E-state index contributed by atoms with van der Waals surface area (Å²) in [5.74, 6) is -0.968. The van der Waals surface area contributed by atoms with Crippen molar-refractivity contribution in [3.63, 3.8) is 0 Å². The van der Waals surface area contributed by atoms with Crippen LogP contribution in [0.4, 0.5) is 0 Å². The average Bonchev–Trinajstić information content (AvgIpc) is 2.52. The van der Waals surface area contributed by atoms with E-state index in [1.165, 1.54) is 0 Å². The first-order chi connectivity index (χ1) is 8.02. The molecule has 0 aliphatic heterocycles. The number of aromatic nitrogens is 2. The third-order valence-corrected chi connectivity index (χ3v) is 2.74. The van der Waals surface area contributed by atoms with E-state index in [0.29, 0.717) is 23.3 Å². The number of pyridine rings is 1. The molecular formula is C12H14N2O3. The summed E-state index contributed by atoms with van der Waals surface area (Å²) < 4.78 is 1.74. The van der Waals surface area contributed by atoms with Gasteiger partial charge in [0.15, 0.2) is 0 Å². The lowest BCUT2D eigenvalue weighted by Gasteiger charge is -2.09. The zero-order chi connectivity index (χ0) is 12.6. The number of fused-ring (bicyclic) bond motifs is 1. The maximum atomic E-state index is 11.2. The number of rotatable bonds is 3. The molecule has 1 unspecified atom stereocenters. The van der Waals surface area contributed by atoms with Crippen molar-refractivity contribution in [1.82, 2.24) is 9.55 Å². The molecule has 0 saturated carbocycles. The van der Waals surface area contributed by atoms with Crippen molar-refractivity contribution in [2.24, 2.45) is 0 Å². The van der Waals surface area contributed by atoms with Gasteiger partial charge in [-0.3, -0.25) is 0 Å². The molecule has 17 heavy (non-hydrogen) atoms. The van der Waals surface area contributed by atoms with Gasteiger partial charge in [-0.25, -0.2) is 9.78 Å². The molecule has 2 aromatic rings. The van der Waals surface area contributed by atoms with E-state index >= 15 is 0 Å². The van der Waals surface area contributed by atoms with Crippen LogP contribution in [0.3, 0.4) is 0 Å². The van der Waals surface area contributed by atoms with Crippen LogP contribution < -0.4 is 0 Å². The Kier molecular flexibility index (Phi) is 2.85. The molecule has 0 saturated heterocycles. The highest BCUT2D eigenvalue weighted by atomic mass is 16.4. The molecule has 0 radical (unpaired) electrons. The molecule has 5 heteroatoms. The second-order valence-electron chi connectivity index (χ2n) is 4.10. The topological polar surface area (TPSA) is 75.3 Å². The molecule has 0 amide bonds. The van der Waals surface area contributed by atoms with Gasteiger partial charge in [-0.1, -0.05) is 0 Å². The van der Waals surface area contributed by atoms with Crippen LogP contribution in [0.15, 0.2) is 18.3 Å². The second kappa shape index (κ2) is 4.18. The number of aromatic carboxylic acids is 1. The van der Waals surface area contributed by atoms with E-state index in [1.807, 2.05) is 0 Å². The number of nitrogens with zero attached hydrogens (tertiary/aromatic N) is 2. The molecule has 0 aliphatic rings. The molecule has 2 heterocycles. The minimum Gasteiger partial charge on any atom is -0.478 e. The van der Waals surface area contributed by atoms with Crippen molar-refractivity contribution >= 4 is 17.0 Å². The Morgan fingerprint density at radius 1 is 1.59 bits per heavy atom. The first-order valence-electron chi connectivity index (χ1n) is 5.37. The van der Waals surface area contributed by atoms with Crippen molar-refractivity contribution < 1.29 is 15.0 Å². The summed E-state index contributed by atoms with van der Waals surface area (Å²) in [6.07, 6.45) is 1.07. The van der Waals surface area contributed by atoms with Gasteiger partial charge in [0.2, 0.25) is 0 Å². The fourth-order valence-electron chi connectivity index (χ4n) is 2.05. The molecule has 0 fully saturated rings. The van der Waals surface area contributed by atoms with Crippen molar-refractivity contribution in [3.8, 4) is 0 Å². The Balaban J connectivity index is 2.75. The normalized spacial score (nSPS) is 12.9. The Labute approximate surface area is 98.3 Å². The van der Waals surface area contributed by atoms with E-state index in [1.54, 1.807) is 36.7 Å². The second-order valence-corrected chi connectivity index (χ2v) is 4.10. The van der Waals surface area contributed by atoms with Gasteiger partial charge < -0.3 is 14.8 Å². The quantitative estimate of drug-likeness (QED) is 0.842. The van der Waals surface area contributed by atoms with Crippen LogP contribution >= 0.6 is 0 Å². The Morgan fingerprint density at radius 3 is 2.88 bits per heavy atom. The highest BCUT2D eigenvalue weighted by molar-refractivity contribution is 6.03. The Bertz CT molecular complexity index is 572. The monoisotopic (exact) mass is 234 g/mol. The fourth-order valence-corrected chi connectivity index (χ4v) is 2.05. The number of carboxylic acid groups (broad SMARTS) is 1. The fraction of sp³-hybridized carbons (Fsp3) is 0.333. The van der Waals surface area contributed by atoms with Crippen LogP contribution in [0.1, 0.15) is 23.0 Å². The van der Waals surface area contributed by atoms with Gasteiger partial charge in [0.25, 0.3) is 0 Å². The summed E-state index contributed by atoms with van der Waals surface area (Å²) in [4.78, 5) is 15.4. The van der Waals surface area contributed by atoms with Crippen molar-refractivity contribution in [2.75, 3.05) is 0 Å². The van der Waals surface area contributed by atoms with Gasteiger partial charge in [0, 0.05) is 17.3 Å². The van der Waals surface area contributed by atoms with E-state index in [4.69, 9.17) is 0 Å². The SMILES string of the molecule is Cc1c(C(=O)O)c2cccnc2n1CC(C)O. The predicted molar refractivity (Wildman–Crippen MR) is 63.1 cm³/mol. The highest BCUT2D eigenvalue weighted by Crippen LogP contribution is 2.24. The molecule has 2 aromatic heterocycles. The third kappa shape index (κ3) is 1.89. The lowest BCUT2D eigenvalue weighted by molar-refractivity contribution is 0.0697. The average molecular weight is 234 g/mol. The van der Waals surface area contributed by atoms with Gasteiger partial charge in [-0.05, 0) is 26.0 Å². The summed E-state index contributed by atoms with van der Waals surface area (Å²) in [6.45, 7) is 3.73. The van der Waals surface area contributed by atoms with Crippen LogP contribution in [0.2, 0.25) is 0 Å². The number of hydrogen-bond acceptors (Lipinski definition) is 3. The number of carboxylic acids is 1. The van der Waals surface area contributed by atoms with Crippen LogP contribution in [0.5, 0.6) is 0 Å². The zero-order valence-corrected chi connectivity index (χ0v) is 9.71. The van der Waals surface area contributed by atoms with Gasteiger partial charge in [0.1, 0.15) is 5.65 Å². The molecule has 0 aromatic carbocycles. The Morgan fingerprint density at radius 2 is 2.29 bits per heavy atom. The lowest BCUT2D eigenvalue weighted by Crippen LogP contribution is -2.13. The molecule has 0 bridgehead atoms. The van der Waals surface area contributed by atoms with E-state index < -0.39 is 12.1 Å². The first-order valence-corrected chi connectivity index (χ1v) is 5.37. The van der Waals surface area contributed by atoms with Crippen molar-refractivity contribution in [2.45, 2.75) is 26.5 Å². The number of hydrogen-bond donors (Lipinski definition) is 2. The maximum Gasteiger partial charge on any atom is 0.338 e. The molecule has 2 N–H and O–H groups in total. The van der Waals surface area contributed by atoms with Crippen molar-refractivity contribution in [1.29, 1.82) is 0 Å². The molecule has 1 atom stereocenters. The first kappa shape index (κ1) is 11.6. The molecule has 5 nitrogen and oxygen atoms in total. The number of aliphatic hydroxyl groups is 1. The minimum absolute atomic E-state index is 0.258. The largest absolute Gasteiger partial charge is 0.478 e. The van der Waals surface area contributed by atoms with Gasteiger partial charge in [0.05, 0.1) is 18.2 Å². The summed E-state index contributed by atoms with van der Waals surface area (Å²) in [7, 11) is 0. The lowest BCUT2D eigenvalue weighted by atomic mass is 10.2. The summed E-state index contributed by atoms with van der Waals surface area (Å²) >= 11 is 0. The Hall–Kier alpha value is -1.88. The number of aliphatic hydroxyl groups excluding tert-OH is 1. The molecule has 90 valence electrons. The van der Waals surface area contributed by atoms with E-state index in [9.17, 15) is 15.0 Å². The standard InChI is InChI=1S/C12H14N2O3/c1-7(15)6-14-8(2)10(12(16)17)9-4-3-5-13-11(9)14/h3-5,7,15H,6H2,1-2H3,(H,16,17). The zero-order valence-electron chi connectivity index (χ0n) is 9.71. The molecule has 2 rings (SSSR count). The molecular weight excluding hydrogens is 220 g/mol.